The number of aromatic nitrogens is 1. The average molecular weight is 194 g/mol. The second-order valence-electron chi connectivity index (χ2n) is 2.91. The van der Waals surface area contributed by atoms with Crippen molar-refractivity contribution in [3.05, 3.63) is 18.3 Å². The van der Waals surface area contributed by atoms with Gasteiger partial charge in [-0.15, -0.1) is 0 Å². The highest BCUT2D eigenvalue weighted by atomic mass is 16.2. The fourth-order valence-corrected chi connectivity index (χ4v) is 1.01. The first kappa shape index (κ1) is 10.3. The van der Waals surface area contributed by atoms with Crippen LogP contribution in [0.1, 0.15) is 6.92 Å². The monoisotopic (exact) mass is 194 g/mol. The first-order valence-electron chi connectivity index (χ1n) is 4.37. The zero-order valence-electron chi connectivity index (χ0n) is 8.32. The summed E-state index contributed by atoms with van der Waals surface area (Å²) in [4.78, 5) is 16.7. The fraction of sp³-hybridized carbons (Fsp3) is 0.333. The lowest BCUT2D eigenvalue weighted by molar-refractivity contribution is 0.259. The highest BCUT2D eigenvalue weighted by Gasteiger charge is 2.01. The number of hydrogen-bond donors (Lipinski definition) is 2. The number of primary amides is 1. The van der Waals surface area contributed by atoms with Crippen LogP contribution in [0.5, 0.6) is 0 Å². The molecule has 3 N–H and O–H groups in total. The van der Waals surface area contributed by atoms with Crippen LogP contribution in [0.25, 0.3) is 0 Å². The van der Waals surface area contributed by atoms with E-state index in [9.17, 15) is 4.79 Å². The largest absolute Gasteiger partial charge is 0.360 e. The van der Waals surface area contributed by atoms with Crippen LogP contribution in [0.15, 0.2) is 18.3 Å². The lowest BCUT2D eigenvalue weighted by atomic mass is 10.3. The van der Waals surface area contributed by atoms with Gasteiger partial charge in [0, 0.05) is 31.5 Å². The van der Waals surface area contributed by atoms with E-state index in [0.717, 1.165) is 12.4 Å². The Balaban J connectivity index is 2.83. The summed E-state index contributed by atoms with van der Waals surface area (Å²) >= 11 is 0. The summed E-state index contributed by atoms with van der Waals surface area (Å²) in [5.74, 6) is 0.804. The summed E-state index contributed by atoms with van der Waals surface area (Å²) in [6.07, 6.45) is 1.63. The Morgan fingerprint density at radius 1 is 1.71 bits per heavy atom. The first-order chi connectivity index (χ1) is 6.63. The molecule has 1 rings (SSSR count). The predicted molar refractivity (Wildman–Crippen MR) is 56.4 cm³/mol. The number of rotatable bonds is 3. The van der Waals surface area contributed by atoms with Crippen molar-refractivity contribution in [3.63, 3.8) is 0 Å². The maximum Gasteiger partial charge on any atom is 0.316 e. The van der Waals surface area contributed by atoms with Gasteiger partial charge in [-0.25, -0.2) is 9.78 Å². The Kier molecular flexibility index (Phi) is 3.28. The number of amides is 2. The van der Waals surface area contributed by atoms with Gasteiger partial charge in [-0.1, -0.05) is 0 Å². The van der Waals surface area contributed by atoms with E-state index in [1.807, 2.05) is 18.9 Å². The molecule has 5 nitrogen and oxygen atoms in total. The number of nitrogens with one attached hydrogen (secondary N) is 1. The van der Waals surface area contributed by atoms with Crippen molar-refractivity contribution in [2.75, 3.05) is 23.8 Å². The van der Waals surface area contributed by atoms with E-state index < -0.39 is 6.03 Å². The Morgan fingerprint density at radius 2 is 2.43 bits per heavy atom. The van der Waals surface area contributed by atoms with E-state index in [1.165, 1.54) is 0 Å². The van der Waals surface area contributed by atoms with E-state index in [1.54, 1.807) is 18.3 Å². The first-order valence-corrected chi connectivity index (χ1v) is 4.37. The predicted octanol–water partition coefficient (Wildman–Crippen LogP) is 1.03. The quantitative estimate of drug-likeness (QED) is 0.754. The molecular formula is C9H14N4O. The SMILES string of the molecule is CCN(C)c1cc(NC(N)=O)ccn1. The molecular weight excluding hydrogens is 180 g/mol. The number of carbonyl (C=O) groups excluding carboxylic acids is 1. The molecule has 1 aromatic rings. The topological polar surface area (TPSA) is 71.2 Å². The average Bonchev–Trinajstić information content (AvgIpc) is 2.16. The smallest absolute Gasteiger partial charge is 0.316 e. The Labute approximate surface area is 82.9 Å². The maximum atomic E-state index is 10.6. The van der Waals surface area contributed by atoms with Crippen molar-refractivity contribution in [1.82, 2.24) is 4.98 Å². The van der Waals surface area contributed by atoms with Gasteiger partial charge < -0.3 is 16.0 Å². The molecule has 5 heteroatoms. The molecule has 0 aromatic carbocycles. The van der Waals surface area contributed by atoms with Crippen LogP contribution in [-0.4, -0.2) is 24.6 Å². The number of nitrogens with zero attached hydrogens (tertiary/aromatic N) is 2. The molecule has 0 radical (unpaired) electrons. The van der Waals surface area contributed by atoms with Crippen LogP contribution < -0.4 is 16.0 Å². The van der Waals surface area contributed by atoms with E-state index >= 15 is 0 Å². The molecule has 76 valence electrons. The molecule has 0 unspecified atom stereocenters. The third kappa shape index (κ3) is 2.62. The molecule has 0 aliphatic rings. The molecule has 0 saturated carbocycles. The number of carbonyl (C=O) groups is 1. The standard InChI is InChI=1S/C9H14N4O/c1-3-13(2)8-6-7(4-5-11-8)12-9(10)14/h4-6H,3H2,1-2H3,(H3,10,11,12,14). The highest BCUT2D eigenvalue weighted by molar-refractivity contribution is 5.88. The van der Waals surface area contributed by atoms with Crippen LogP contribution in [0.4, 0.5) is 16.3 Å². The number of hydrogen-bond acceptors (Lipinski definition) is 3. The van der Waals surface area contributed by atoms with E-state index in [2.05, 4.69) is 10.3 Å². The second kappa shape index (κ2) is 4.45. The number of pyridine rings is 1. The highest BCUT2D eigenvalue weighted by Crippen LogP contribution is 2.14. The molecule has 2 amide bonds. The summed E-state index contributed by atoms with van der Waals surface area (Å²) in [6.45, 7) is 2.88. The lowest BCUT2D eigenvalue weighted by Gasteiger charge is -2.15. The van der Waals surface area contributed by atoms with Crippen LogP contribution in [0.3, 0.4) is 0 Å². The molecule has 1 heterocycles. The van der Waals surface area contributed by atoms with Crippen LogP contribution in [0.2, 0.25) is 0 Å². The third-order valence-electron chi connectivity index (χ3n) is 1.88. The molecule has 0 aliphatic heterocycles. The zero-order chi connectivity index (χ0) is 10.6. The van der Waals surface area contributed by atoms with E-state index in [0.29, 0.717) is 5.69 Å². The third-order valence-corrected chi connectivity index (χ3v) is 1.88. The molecule has 0 aliphatic carbocycles. The fourth-order valence-electron chi connectivity index (χ4n) is 1.01. The van der Waals surface area contributed by atoms with Crippen LogP contribution in [0, 0.1) is 0 Å². The summed E-state index contributed by atoms with van der Waals surface area (Å²) < 4.78 is 0. The minimum atomic E-state index is -0.568. The van der Waals surface area contributed by atoms with Gasteiger partial charge in [0.15, 0.2) is 0 Å². The van der Waals surface area contributed by atoms with Crippen molar-refractivity contribution in [2.24, 2.45) is 5.73 Å². The summed E-state index contributed by atoms with van der Waals surface area (Å²) in [5, 5.41) is 2.50. The minimum absolute atomic E-state index is 0.568. The van der Waals surface area contributed by atoms with Gasteiger partial charge in [0.2, 0.25) is 0 Å². The minimum Gasteiger partial charge on any atom is -0.360 e. The summed E-state index contributed by atoms with van der Waals surface area (Å²) in [5.41, 5.74) is 5.65. The van der Waals surface area contributed by atoms with Gasteiger partial charge in [0.25, 0.3) is 0 Å². The normalized spacial score (nSPS) is 9.57. The van der Waals surface area contributed by atoms with Crippen LogP contribution in [-0.2, 0) is 0 Å². The summed E-state index contributed by atoms with van der Waals surface area (Å²) in [7, 11) is 1.93. The van der Waals surface area contributed by atoms with Gasteiger partial charge in [-0.3, -0.25) is 0 Å². The molecule has 0 atom stereocenters. The van der Waals surface area contributed by atoms with Crippen molar-refractivity contribution in [3.8, 4) is 0 Å². The Morgan fingerprint density at radius 3 is 3.00 bits per heavy atom. The maximum absolute atomic E-state index is 10.6. The van der Waals surface area contributed by atoms with E-state index in [4.69, 9.17) is 5.73 Å². The van der Waals surface area contributed by atoms with E-state index in [-0.39, 0.29) is 0 Å². The van der Waals surface area contributed by atoms with Crippen LogP contribution >= 0.6 is 0 Å². The molecule has 0 saturated heterocycles. The molecule has 1 aromatic heterocycles. The number of nitrogens with two attached hydrogens (primary N) is 1. The molecule has 0 bridgehead atoms. The van der Waals surface area contributed by atoms with Gasteiger partial charge in [-0.2, -0.15) is 0 Å². The Hall–Kier alpha value is -1.78. The van der Waals surface area contributed by atoms with Crippen molar-refractivity contribution >= 4 is 17.5 Å². The van der Waals surface area contributed by atoms with Crippen molar-refractivity contribution < 1.29 is 4.79 Å². The molecule has 0 spiro atoms. The number of anilines is 2. The number of urea groups is 1. The van der Waals surface area contributed by atoms with Crippen molar-refractivity contribution in [2.45, 2.75) is 6.92 Å². The van der Waals surface area contributed by atoms with Gasteiger partial charge in [-0.05, 0) is 13.0 Å². The zero-order valence-corrected chi connectivity index (χ0v) is 8.32. The summed E-state index contributed by atoms with van der Waals surface area (Å²) in [6, 6.07) is 2.90. The second-order valence-corrected chi connectivity index (χ2v) is 2.91. The Bertz CT molecular complexity index is 326. The van der Waals surface area contributed by atoms with Gasteiger partial charge in [0.05, 0.1) is 0 Å². The molecule has 14 heavy (non-hydrogen) atoms. The van der Waals surface area contributed by atoms with Gasteiger partial charge in [0.1, 0.15) is 5.82 Å². The van der Waals surface area contributed by atoms with Gasteiger partial charge >= 0.3 is 6.03 Å². The van der Waals surface area contributed by atoms with Crippen molar-refractivity contribution in [1.29, 1.82) is 0 Å². The lowest BCUT2D eigenvalue weighted by Crippen LogP contribution is -2.20. The molecule has 0 fully saturated rings.